The van der Waals surface area contributed by atoms with Gasteiger partial charge in [-0.3, -0.25) is 15.1 Å². The zero-order valence-corrected chi connectivity index (χ0v) is 27.5. The third kappa shape index (κ3) is 7.42. The Kier molecular flexibility index (Phi) is 9.75. The first-order valence-electron chi connectivity index (χ1n) is 16.2. The molecular formula is C38H43FN8. The molecule has 0 atom stereocenters. The summed E-state index contributed by atoms with van der Waals surface area (Å²) in [5.41, 5.74) is 9.46. The average molecular weight is 631 g/mol. The number of pyridine rings is 2. The molecule has 6 rings (SSSR count). The molecule has 0 amide bonds. The van der Waals surface area contributed by atoms with Gasteiger partial charge in [-0.2, -0.15) is 5.10 Å². The molecule has 3 N–H and O–H groups in total. The molecule has 4 aromatic heterocycles. The molecular weight excluding hydrogens is 587 g/mol. The Balaban J connectivity index is 1.30. The first kappa shape index (κ1) is 32.1. The quantitative estimate of drug-likeness (QED) is 0.117. The molecule has 1 fully saturated rings. The summed E-state index contributed by atoms with van der Waals surface area (Å²) >= 11 is 0. The molecule has 1 saturated heterocycles. The highest BCUT2D eigenvalue weighted by Crippen LogP contribution is 2.35. The van der Waals surface area contributed by atoms with Gasteiger partial charge in [0.15, 0.2) is 0 Å². The molecule has 0 saturated carbocycles. The van der Waals surface area contributed by atoms with E-state index in [0.717, 1.165) is 91.9 Å². The smallest absolute Gasteiger partial charge is 0.124 e. The lowest BCUT2D eigenvalue weighted by molar-refractivity contribution is 0.334. The summed E-state index contributed by atoms with van der Waals surface area (Å²) in [5, 5.41) is 13.0. The van der Waals surface area contributed by atoms with Gasteiger partial charge in [-0.15, -0.1) is 0 Å². The Morgan fingerprint density at radius 1 is 1.06 bits per heavy atom. The van der Waals surface area contributed by atoms with Crippen LogP contribution in [0.3, 0.4) is 0 Å². The zero-order valence-electron chi connectivity index (χ0n) is 27.5. The lowest BCUT2D eigenvalue weighted by Crippen LogP contribution is -2.23. The maximum atomic E-state index is 14.9. The number of hydrogen-bond acceptors (Lipinski definition) is 6. The van der Waals surface area contributed by atoms with E-state index in [-0.39, 0.29) is 5.82 Å². The molecule has 0 aliphatic carbocycles. The van der Waals surface area contributed by atoms with Crippen LogP contribution in [0, 0.1) is 5.82 Å². The second-order valence-electron chi connectivity index (χ2n) is 12.5. The van der Waals surface area contributed by atoms with E-state index in [4.69, 9.17) is 4.98 Å². The summed E-state index contributed by atoms with van der Waals surface area (Å²) < 4.78 is 14.9. The number of allylic oxidation sites excluding steroid dienone is 4. The topological polar surface area (TPSA) is 88.8 Å². The van der Waals surface area contributed by atoms with Gasteiger partial charge >= 0.3 is 0 Å². The van der Waals surface area contributed by atoms with Crippen LogP contribution < -0.4 is 5.32 Å². The van der Waals surface area contributed by atoms with Crippen LogP contribution in [0.1, 0.15) is 37.4 Å². The van der Waals surface area contributed by atoms with Gasteiger partial charge in [0.25, 0.3) is 0 Å². The molecule has 8 nitrogen and oxygen atoms in total. The van der Waals surface area contributed by atoms with Gasteiger partial charge in [-0.05, 0) is 119 Å². The summed E-state index contributed by atoms with van der Waals surface area (Å²) in [6.07, 6.45) is 15.7. The Labute approximate surface area is 275 Å². The van der Waals surface area contributed by atoms with Gasteiger partial charge < -0.3 is 20.1 Å². The van der Waals surface area contributed by atoms with E-state index >= 15 is 0 Å². The molecule has 9 heteroatoms. The highest BCUT2D eigenvalue weighted by molar-refractivity contribution is 6.01. The van der Waals surface area contributed by atoms with Crippen molar-refractivity contribution >= 4 is 27.4 Å². The molecule has 47 heavy (non-hydrogen) atoms. The number of H-pyrrole nitrogens is 2. The summed E-state index contributed by atoms with van der Waals surface area (Å²) in [7, 11) is 4.01. The van der Waals surface area contributed by atoms with E-state index < -0.39 is 0 Å². The predicted octanol–water partition coefficient (Wildman–Crippen LogP) is 7.47. The van der Waals surface area contributed by atoms with Gasteiger partial charge in [0, 0.05) is 40.5 Å². The third-order valence-corrected chi connectivity index (χ3v) is 8.62. The van der Waals surface area contributed by atoms with Crippen LogP contribution in [-0.4, -0.2) is 75.2 Å². The monoisotopic (exact) mass is 630 g/mol. The van der Waals surface area contributed by atoms with E-state index in [9.17, 15) is 4.39 Å². The fourth-order valence-corrected chi connectivity index (χ4v) is 6.40. The van der Waals surface area contributed by atoms with Crippen LogP contribution in [0.5, 0.6) is 0 Å². The first-order chi connectivity index (χ1) is 22.8. The number of aromatic nitrogens is 5. The Morgan fingerprint density at radius 2 is 1.89 bits per heavy atom. The number of likely N-dealkylation sites (tertiary alicyclic amines) is 1. The van der Waals surface area contributed by atoms with Crippen LogP contribution >= 0.6 is 0 Å². The predicted molar refractivity (Wildman–Crippen MR) is 191 cm³/mol. The average Bonchev–Trinajstić information content (AvgIpc) is 3.82. The normalized spacial score (nSPS) is 14.5. The number of likely N-dealkylation sites (N-methyl/N-ethyl adjacent to an activating group) is 1. The van der Waals surface area contributed by atoms with E-state index in [2.05, 4.69) is 60.6 Å². The molecule has 0 spiro atoms. The van der Waals surface area contributed by atoms with Crippen molar-refractivity contribution in [2.75, 3.05) is 40.3 Å². The van der Waals surface area contributed by atoms with E-state index in [1.807, 2.05) is 45.4 Å². The van der Waals surface area contributed by atoms with E-state index in [1.165, 1.54) is 25.9 Å². The van der Waals surface area contributed by atoms with Crippen molar-refractivity contribution in [2.45, 2.75) is 32.6 Å². The van der Waals surface area contributed by atoms with Crippen molar-refractivity contribution in [3.8, 4) is 22.5 Å². The van der Waals surface area contributed by atoms with Crippen LogP contribution in [0.2, 0.25) is 0 Å². The van der Waals surface area contributed by atoms with Crippen molar-refractivity contribution in [2.24, 2.45) is 0 Å². The van der Waals surface area contributed by atoms with E-state index in [1.54, 1.807) is 30.6 Å². The summed E-state index contributed by atoms with van der Waals surface area (Å²) in [4.78, 5) is 17.3. The zero-order chi connectivity index (χ0) is 32.9. The maximum absolute atomic E-state index is 14.9. The van der Waals surface area contributed by atoms with Gasteiger partial charge in [0.2, 0.25) is 0 Å². The number of nitrogens with one attached hydrogen (secondary N) is 3. The van der Waals surface area contributed by atoms with Crippen molar-refractivity contribution < 1.29 is 4.39 Å². The van der Waals surface area contributed by atoms with Gasteiger partial charge in [0.05, 0.1) is 34.8 Å². The highest BCUT2D eigenvalue weighted by atomic mass is 19.1. The van der Waals surface area contributed by atoms with Crippen LogP contribution in [0.25, 0.3) is 49.9 Å². The summed E-state index contributed by atoms with van der Waals surface area (Å²) in [5.74, 6) is -0.226. The van der Waals surface area contributed by atoms with Crippen LogP contribution in [0.4, 0.5) is 4.39 Å². The number of hydrogen-bond donors (Lipinski definition) is 3. The van der Waals surface area contributed by atoms with Crippen molar-refractivity contribution in [1.29, 1.82) is 0 Å². The molecule has 5 aromatic rings. The molecule has 1 aromatic carbocycles. The fourth-order valence-electron chi connectivity index (χ4n) is 6.40. The van der Waals surface area contributed by atoms with Crippen molar-refractivity contribution in [1.82, 2.24) is 40.3 Å². The van der Waals surface area contributed by atoms with Crippen LogP contribution in [0.15, 0.2) is 91.7 Å². The number of fused-ring (bicyclic) bond motifs is 2. The molecule has 0 bridgehead atoms. The van der Waals surface area contributed by atoms with E-state index in [0.29, 0.717) is 6.54 Å². The highest BCUT2D eigenvalue weighted by Gasteiger charge is 2.17. The molecule has 242 valence electrons. The van der Waals surface area contributed by atoms with Gasteiger partial charge in [0.1, 0.15) is 11.5 Å². The minimum absolute atomic E-state index is 0.226. The SMILES string of the molecule is C=C/C(=C\C(=C/C)c1cc2c(-c3cc4c(-c5cc(F)cc(CCCN6CCCC6)c5)cncc4[nH]3)n[nH]c2cn1)NC(=C)CN(C)C. The Hall–Kier alpha value is -4.86. The number of nitrogens with zero attached hydrogens (tertiary/aromatic N) is 5. The van der Waals surface area contributed by atoms with Crippen LogP contribution in [-0.2, 0) is 6.42 Å². The minimum Gasteiger partial charge on any atom is -0.358 e. The lowest BCUT2D eigenvalue weighted by atomic mass is 9.99. The van der Waals surface area contributed by atoms with Gasteiger partial charge in [-0.25, -0.2) is 4.39 Å². The molecule has 0 unspecified atom stereocenters. The number of halogens is 1. The molecule has 1 aliphatic rings. The number of aromatic amines is 2. The molecule has 1 aliphatic heterocycles. The van der Waals surface area contributed by atoms with Crippen molar-refractivity contribution in [3.05, 3.63) is 109 Å². The Bertz CT molecular complexity index is 1970. The summed E-state index contributed by atoms with van der Waals surface area (Å²) in [6.45, 7) is 14.2. The molecule has 0 radical (unpaired) electrons. The minimum atomic E-state index is -0.226. The first-order valence-corrected chi connectivity index (χ1v) is 16.2. The standard InChI is InChI=1S/C38H43FN8/c1-6-27(18-30(7-2)42-25(3)24-46(4)5)34-20-32-37(23-41-34)44-45-38(32)35-19-31-33(21-40-22-36(31)43-35)28-15-26(16-29(39)17-28)11-10-14-47-12-8-9-13-47/h6-7,15-23,42-43H,2-3,8-14,24H2,1,4-5H3,(H,44,45)/b27-6+,30-18+. The van der Waals surface area contributed by atoms with Crippen molar-refractivity contribution in [3.63, 3.8) is 0 Å². The lowest BCUT2D eigenvalue weighted by Gasteiger charge is -2.15. The fraction of sp³-hybridized carbons (Fsp3) is 0.289. The maximum Gasteiger partial charge on any atom is 0.124 e. The summed E-state index contributed by atoms with van der Waals surface area (Å²) in [6, 6.07) is 9.48. The Morgan fingerprint density at radius 3 is 2.66 bits per heavy atom. The largest absolute Gasteiger partial charge is 0.358 e. The second kappa shape index (κ2) is 14.3. The number of rotatable bonds is 13. The third-order valence-electron chi connectivity index (χ3n) is 8.62. The molecule has 5 heterocycles. The van der Waals surface area contributed by atoms with Gasteiger partial charge in [-0.1, -0.05) is 25.3 Å². The number of aryl methyl sites for hydroxylation is 1. The number of benzene rings is 1. The second-order valence-corrected chi connectivity index (χ2v) is 12.5.